The van der Waals surface area contributed by atoms with Crippen LogP contribution in [0.3, 0.4) is 0 Å². The van der Waals surface area contributed by atoms with Crippen LogP contribution in [0.2, 0.25) is 0 Å². The summed E-state index contributed by atoms with van der Waals surface area (Å²) in [4.78, 5) is 2.61. The van der Waals surface area contributed by atoms with Gasteiger partial charge in [-0.3, -0.25) is 4.90 Å². The van der Waals surface area contributed by atoms with Gasteiger partial charge in [0.05, 0.1) is 0 Å². The summed E-state index contributed by atoms with van der Waals surface area (Å²) in [6.45, 7) is 6.89. The molecule has 0 aliphatic heterocycles. The Hall–Kier alpha value is -1.02. The normalized spacial score (nSPS) is 23.0. The van der Waals surface area contributed by atoms with Gasteiger partial charge >= 0.3 is 0 Å². The Morgan fingerprint density at radius 2 is 1.94 bits per heavy atom. The average Bonchev–Trinajstić information content (AvgIpc) is 3.09. The molecular formula is C15H23NO. The van der Waals surface area contributed by atoms with Crippen LogP contribution in [0.15, 0.2) is 24.3 Å². The van der Waals surface area contributed by atoms with Crippen molar-refractivity contribution in [3.05, 3.63) is 29.8 Å². The van der Waals surface area contributed by atoms with E-state index in [9.17, 15) is 5.11 Å². The second kappa shape index (κ2) is 5.54. The van der Waals surface area contributed by atoms with Crippen molar-refractivity contribution < 1.29 is 5.11 Å². The largest absolute Gasteiger partial charge is 0.508 e. The van der Waals surface area contributed by atoms with Crippen LogP contribution < -0.4 is 0 Å². The van der Waals surface area contributed by atoms with E-state index in [-0.39, 0.29) is 0 Å². The Morgan fingerprint density at radius 1 is 1.24 bits per heavy atom. The minimum Gasteiger partial charge on any atom is -0.508 e. The summed E-state index contributed by atoms with van der Waals surface area (Å²) in [5.41, 5.74) is 1.30. The molecule has 2 nitrogen and oxygen atoms in total. The summed E-state index contributed by atoms with van der Waals surface area (Å²) in [5.74, 6) is 1.03. The molecule has 0 radical (unpaired) electrons. The van der Waals surface area contributed by atoms with Crippen LogP contribution in [0.1, 0.15) is 44.6 Å². The van der Waals surface area contributed by atoms with Crippen molar-refractivity contribution in [2.24, 2.45) is 0 Å². The van der Waals surface area contributed by atoms with E-state index in [0.717, 1.165) is 0 Å². The molecule has 2 rings (SSSR count). The molecule has 0 amide bonds. The van der Waals surface area contributed by atoms with Gasteiger partial charge in [0.15, 0.2) is 0 Å². The number of rotatable bonds is 6. The highest BCUT2D eigenvalue weighted by Gasteiger charge is 2.41. The SMILES string of the molecule is CCCN(CCC)[C@H]1C[C@@H]1c1cccc(O)c1. The molecule has 2 atom stereocenters. The van der Waals surface area contributed by atoms with Crippen molar-refractivity contribution in [2.45, 2.75) is 45.1 Å². The first-order chi connectivity index (χ1) is 8.26. The van der Waals surface area contributed by atoms with E-state index in [4.69, 9.17) is 0 Å². The second-order valence-electron chi connectivity index (χ2n) is 5.04. The molecule has 0 heterocycles. The lowest BCUT2D eigenvalue weighted by Crippen LogP contribution is -2.28. The molecule has 1 aromatic rings. The first-order valence-electron chi connectivity index (χ1n) is 6.79. The van der Waals surface area contributed by atoms with E-state index < -0.39 is 0 Å². The third-order valence-corrected chi connectivity index (χ3v) is 3.55. The highest BCUT2D eigenvalue weighted by molar-refractivity contribution is 5.34. The molecule has 94 valence electrons. The van der Waals surface area contributed by atoms with Gasteiger partial charge in [-0.15, -0.1) is 0 Å². The summed E-state index contributed by atoms with van der Waals surface area (Å²) < 4.78 is 0. The lowest BCUT2D eigenvalue weighted by Gasteiger charge is -2.21. The van der Waals surface area contributed by atoms with Gasteiger partial charge in [-0.05, 0) is 50.0 Å². The number of hydrogen-bond acceptors (Lipinski definition) is 2. The predicted octanol–water partition coefficient (Wildman–Crippen LogP) is 3.37. The molecule has 1 saturated carbocycles. The molecular weight excluding hydrogens is 210 g/mol. The third-order valence-electron chi connectivity index (χ3n) is 3.55. The van der Waals surface area contributed by atoms with Crippen molar-refractivity contribution in [3.63, 3.8) is 0 Å². The van der Waals surface area contributed by atoms with Crippen LogP contribution in [0.4, 0.5) is 0 Å². The quantitative estimate of drug-likeness (QED) is 0.814. The maximum atomic E-state index is 9.51. The molecule has 0 spiro atoms. The van der Waals surface area contributed by atoms with E-state index in [1.54, 1.807) is 6.07 Å². The molecule has 2 heteroatoms. The van der Waals surface area contributed by atoms with E-state index in [1.165, 1.54) is 37.9 Å². The predicted molar refractivity (Wildman–Crippen MR) is 71.4 cm³/mol. The lowest BCUT2D eigenvalue weighted by atomic mass is 10.1. The molecule has 0 bridgehead atoms. The van der Waals surface area contributed by atoms with Crippen LogP contribution in [0, 0.1) is 0 Å². The topological polar surface area (TPSA) is 23.5 Å². The zero-order valence-electron chi connectivity index (χ0n) is 10.9. The van der Waals surface area contributed by atoms with E-state index in [0.29, 0.717) is 17.7 Å². The minimum absolute atomic E-state index is 0.394. The molecule has 1 N–H and O–H groups in total. The average molecular weight is 233 g/mol. The zero-order valence-corrected chi connectivity index (χ0v) is 10.9. The van der Waals surface area contributed by atoms with E-state index in [1.807, 2.05) is 12.1 Å². The fraction of sp³-hybridized carbons (Fsp3) is 0.600. The van der Waals surface area contributed by atoms with E-state index >= 15 is 0 Å². The van der Waals surface area contributed by atoms with Crippen molar-refractivity contribution in [1.82, 2.24) is 4.90 Å². The van der Waals surface area contributed by atoms with Crippen LogP contribution in [-0.4, -0.2) is 29.1 Å². The first-order valence-corrected chi connectivity index (χ1v) is 6.79. The van der Waals surface area contributed by atoms with Gasteiger partial charge in [-0.1, -0.05) is 26.0 Å². The van der Waals surface area contributed by atoms with E-state index in [2.05, 4.69) is 24.8 Å². The smallest absolute Gasteiger partial charge is 0.115 e. The number of phenols is 1. The van der Waals surface area contributed by atoms with Crippen molar-refractivity contribution in [3.8, 4) is 5.75 Å². The summed E-state index contributed by atoms with van der Waals surface area (Å²) in [6.07, 6.45) is 3.70. The van der Waals surface area contributed by atoms with Crippen LogP contribution >= 0.6 is 0 Å². The molecule has 17 heavy (non-hydrogen) atoms. The number of benzene rings is 1. The summed E-state index contributed by atoms with van der Waals surface area (Å²) in [7, 11) is 0. The zero-order chi connectivity index (χ0) is 12.3. The maximum absolute atomic E-state index is 9.51. The molecule has 1 aliphatic rings. The fourth-order valence-corrected chi connectivity index (χ4v) is 2.72. The van der Waals surface area contributed by atoms with Gasteiger partial charge in [0.1, 0.15) is 5.75 Å². The summed E-state index contributed by atoms with van der Waals surface area (Å²) >= 11 is 0. The van der Waals surface area contributed by atoms with Gasteiger partial charge in [0.25, 0.3) is 0 Å². The minimum atomic E-state index is 0.394. The number of hydrogen-bond donors (Lipinski definition) is 1. The van der Waals surface area contributed by atoms with Crippen LogP contribution in [0.25, 0.3) is 0 Å². The highest BCUT2D eigenvalue weighted by Crippen LogP contribution is 2.45. The summed E-state index contributed by atoms with van der Waals surface area (Å²) in [6, 6.07) is 8.46. The number of aromatic hydroxyl groups is 1. The molecule has 0 saturated heterocycles. The lowest BCUT2D eigenvalue weighted by molar-refractivity contribution is 0.260. The van der Waals surface area contributed by atoms with Gasteiger partial charge in [0, 0.05) is 12.0 Å². The Kier molecular flexibility index (Phi) is 4.06. The molecule has 1 aromatic carbocycles. The Labute approximate surface area is 104 Å². The highest BCUT2D eigenvalue weighted by atomic mass is 16.3. The fourth-order valence-electron chi connectivity index (χ4n) is 2.72. The monoisotopic (exact) mass is 233 g/mol. The van der Waals surface area contributed by atoms with Crippen LogP contribution in [0.5, 0.6) is 5.75 Å². The Bertz CT molecular complexity index is 358. The molecule has 0 unspecified atom stereocenters. The standard InChI is InChI=1S/C15H23NO/c1-3-8-16(9-4-2)15-11-14(15)12-6-5-7-13(17)10-12/h5-7,10,14-15,17H,3-4,8-9,11H2,1-2H3/t14-,15+/m1/s1. The number of phenolic OH excluding ortho intramolecular Hbond substituents is 1. The van der Waals surface area contributed by atoms with Gasteiger partial charge < -0.3 is 5.11 Å². The third kappa shape index (κ3) is 3.01. The van der Waals surface area contributed by atoms with Gasteiger partial charge in [0.2, 0.25) is 0 Å². The Balaban J connectivity index is 1.98. The maximum Gasteiger partial charge on any atom is 0.115 e. The molecule has 0 aromatic heterocycles. The van der Waals surface area contributed by atoms with Crippen LogP contribution in [-0.2, 0) is 0 Å². The Morgan fingerprint density at radius 3 is 2.53 bits per heavy atom. The van der Waals surface area contributed by atoms with Gasteiger partial charge in [-0.2, -0.15) is 0 Å². The number of nitrogens with zero attached hydrogens (tertiary/aromatic N) is 1. The second-order valence-corrected chi connectivity index (χ2v) is 5.04. The van der Waals surface area contributed by atoms with Crippen molar-refractivity contribution in [2.75, 3.05) is 13.1 Å². The van der Waals surface area contributed by atoms with Gasteiger partial charge in [-0.25, -0.2) is 0 Å². The molecule has 1 aliphatic carbocycles. The summed E-state index contributed by atoms with van der Waals surface area (Å²) in [5, 5.41) is 9.51. The van der Waals surface area contributed by atoms with Crippen molar-refractivity contribution in [1.29, 1.82) is 0 Å². The molecule has 1 fully saturated rings. The first kappa shape index (κ1) is 12.4. The van der Waals surface area contributed by atoms with Crippen molar-refractivity contribution >= 4 is 0 Å².